The zero-order valence-electron chi connectivity index (χ0n) is 12.6. The number of rotatable bonds is 5. The first kappa shape index (κ1) is 14.9. The molecule has 0 aliphatic carbocycles. The Morgan fingerprint density at radius 3 is 2.84 bits per heavy atom. The summed E-state index contributed by atoms with van der Waals surface area (Å²) < 4.78 is 5.91. The smallest absolute Gasteiger partial charge is 0.131 e. The van der Waals surface area contributed by atoms with Crippen LogP contribution in [0.4, 0.5) is 0 Å². The molecule has 2 aliphatic heterocycles. The van der Waals surface area contributed by atoms with E-state index >= 15 is 0 Å². The van der Waals surface area contributed by atoms with Crippen LogP contribution in [-0.4, -0.2) is 66.6 Å². The summed E-state index contributed by atoms with van der Waals surface area (Å²) in [5, 5.41) is 0. The Labute approximate surface area is 117 Å². The fourth-order valence-corrected chi connectivity index (χ4v) is 3.28. The van der Waals surface area contributed by atoms with Gasteiger partial charge in [-0.1, -0.05) is 0 Å². The normalized spacial score (nSPS) is 30.1. The van der Waals surface area contributed by atoms with E-state index in [1.165, 1.54) is 12.8 Å². The summed E-state index contributed by atoms with van der Waals surface area (Å²) in [6.45, 7) is 11.2. The van der Waals surface area contributed by atoms with Crippen LogP contribution in [0.25, 0.3) is 0 Å². The topological polar surface area (TPSA) is 32.8 Å². The number of ether oxygens (including phenoxy) is 1. The van der Waals surface area contributed by atoms with Gasteiger partial charge in [0.05, 0.1) is 12.7 Å². The van der Waals surface area contributed by atoms with E-state index in [4.69, 9.17) is 4.74 Å². The van der Waals surface area contributed by atoms with Gasteiger partial charge in [0.1, 0.15) is 5.78 Å². The molecular weight excluding hydrogens is 240 g/mol. The Balaban J connectivity index is 1.84. The molecule has 0 aromatic carbocycles. The molecule has 4 nitrogen and oxygen atoms in total. The fraction of sp³-hybridized carbons (Fsp3) is 0.933. The molecule has 2 saturated heterocycles. The number of ketones is 1. The van der Waals surface area contributed by atoms with E-state index in [-0.39, 0.29) is 0 Å². The first-order valence-corrected chi connectivity index (χ1v) is 7.65. The largest absolute Gasteiger partial charge is 0.374 e. The second kappa shape index (κ2) is 6.82. The first-order chi connectivity index (χ1) is 9.06. The summed E-state index contributed by atoms with van der Waals surface area (Å²) >= 11 is 0. The highest BCUT2D eigenvalue weighted by molar-refractivity contribution is 5.76. The van der Waals surface area contributed by atoms with E-state index in [9.17, 15) is 4.79 Å². The van der Waals surface area contributed by atoms with Crippen LogP contribution in [0.1, 0.15) is 40.0 Å². The van der Waals surface area contributed by atoms with Gasteiger partial charge in [0.15, 0.2) is 0 Å². The average molecular weight is 268 g/mol. The quantitative estimate of drug-likeness (QED) is 0.757. The molecule has 2 unspecified atom stereocenters. The Morgan fingerprint density at radius 2 is 2.16 bits per heavy atom. The molecule has 0 amide bonds. The molecule has 0 radical (unpaired) electrons. The van der Waals surface area contributed by atoms with Crippen molar-refractivity contribution in [3.8, 4) is 0 Å². The van der Waals surface area contributed by atoms with Gasteiger partial charge in [0.25, 0.3) is 0 Å². The molecule has 4 heteroatoms. The third-order valence-corrected chi connectivity index (χ3v) is 4.36. The predicted molar refractivity (Wildman–Crippen MR) is 76.3 cm³/mol. The van der Waals surface area contributed by atoms with E-state index in [1.807, 2.05) is 0 Å². The highest BCUT2D eigenvalue weighted by Gasteiger charge is 2.30. The molecule has 0 bridgehead atoms. The summed E-state index contributed by atoms with van der Waals surface area (Å²) in [6, 6.07) is 1.05. The molecule has 0 aromatic rings. The monoisotopic (exact) mass is 268 g/mol. The molecular formula is C15H28N2O2. The second-order valence-electron chi connectivity index (χ2n) is 6.28. The third-order valence-electron chi connectivity index (χ3n) is 4.36. The Bertz CT molecular complexity index is 307. The van der Waals surface area contributed by atoms with E-state index in [1.54, 1.807) is 6.92 Å². The Morgan fingerprint density at radius 1 is 1.37 bits per heavy atom. The molecule has 2 heterocycles. The van der Waals surface area contributed by atoms with Crippen molar-refractivity contribution < 1.29 is 9.53 Å². The number of carbonyl (C=O) groups excluding carboxylic acids is 1. The van der Waals surface area contributed by atoms with Gasteiger partial charge in [-0.25, -0.2) is 0 Å². The van der Waals surface area contributed by atoms with Gasteiger partial charge in [-0.2, -0.15) is 0 Å². The average Bonchev–Trinajstić information content (AvgIpc) is 2.76. The molecule has 0 saturated carbocycles. The van der Waals surface area contributed by atoms with Crippen molar-refractivity contribution in [2.75, 3.05) is 32.8 Å². The number of hydrogen-bond acceptors (Lipinski definition) is 4. The van der Waals surface area contributed by atoms with Crippen molar-refractivity contribution in [2.45, 2.75) is 58.2 Å². The van der Waals surface area contributed by atoms with Crippen molar-refractivity contribution >= 4 is 5.78 Å². The lowest BCUT2D eigenvalue weighted by Crippen LogP contribution is -2.50. The Kier molecular flexibility index (Phi) is 5.37. The fourth-order valence-electron chi connectivity index (χ4n) is 3.28. The SMILES string of the molecule is CC(=O)CC1CCCN1CC1CN(C(C)C)CCO1. The van der Waals surface area contributed by atoms with Crippen molar-refractivity contribution in [3.63, 3.8) is 0 Å². The van der Waals surface area contributed by atoms with Crippen LogP contribution in [0.15, 0.2) is 0 Å². The van der Waals surface area contributed by atoms with Gasteiger partial charge in [-0.3, -0.25) is 14.6 Å². The molecule has 0 N–H and O–H groups in total. The molecule has 0 aromatic heterocycles. The Hall–Kier alpha value is -0.450. The maximum Gasteiger partial charge on any atom is 0.131 e. The van der Waals surface area contributed by atoms with Gasteiger partial charge in [0, 0.05) is 38.1 Å². The van der Waals surface area contributed by atoms with Crippen LogP contribution in [0, 0.1) is 0 Å². The van der Waals surface area contributed by atoms with E-state index < -0.39 is 0 Å². The standard InChI is InChI=1S/C15H28N2O2/c1-12(2)16-7-8-19-15(10-16)11-17-6-4-5-14(17)9-13(3)18/h12,14-15H,4-11H2,1-3H3. The van der Waals surface area contributed by atoms with Crippen LogP contribution >= 0.6 is 0 Å². The van der Waals surface area contributed by atoms with Crippen LogP contribution < -0.4 is 0 Å². The summed E-state index contributed by atoms with van der Waals surface area (Å²) in [5.41, 5.74) is 0. The maximum atomic E-state index is 11.3. The molecule has 2 rings (SSSR count). The van der Waals surface area contributed by atoms with Crippen molar-refractivity contribution in [3.05, 3.63) is 0 Å². The lowest BCUT2D eigenvalue weighted by molar-refractivity contribution is -0.118. The predicted octanol–water partition coefficient (Wildman–Crippen LogP) is 1.54. The van der Waals surface area contributed by atoms with Crippen molar-refractivity contribution in [1.29, 1.82) is 0 Å². The zero-order chi connectivity index (χ0) is 13.8. The minimum absolute atomic E-state index is 0.309. The lowest BCUT2D eigenvalue weighted by atomic mass is 10.1. The number of morpholine rings is 1. The summed E-state index contributed by atoms with van der Waals surface area (Å²) in [6.07, 6.45) is 3.41. The number of nitrogens with zero attached hydrogens (tertiary/aromatic N) is 2. The van der Waals surface area contributed by atoms with Gasteiger partial charge in [0.2, 0.25) is 0 Å². The summed E-state index contributed by atoms with van der Waals surface area (Å²) in [5.74, 6) is 0.310. The summed E-state index contributed by atoms with van der Waals surface area (Å²) in [7, 11) is 0. The molecule has 2 aliphatic rings. The minimum Gasteiger partial charge on any atom is -0.374 e. The van der Waals surface area contributed by atoms with Gasteiger partial charge in [-0.05, 0) is 40.2 Å². The highest BCUT2D eigenvalue weighted by atomic mass is 16.5. The van der Waals surface area contributed by atoms with Crippen molar-refractivity contribution in [2.24, 2.45) is 0 Å². The van der Waals surface area contributed by atoms with Crippen LogP contribution in [-0.2, 0) is 9.53 Å². The maximum absolute atomic E-state index is 11.3. The van der Waals surface area contributed by atoms with Gasteiger partial charge < -0.3 is 4.74 Å². The number of likely N-dealkylation sites (tertiary alicyclic amines) is 1. The van der Waals surface area contributed by atoms with Crippen LogP contribution in [0.2, 0.25) is 0 Å². The summed E-state index contributed by atoms with van der Waals surface area (Å²) in [4.78, 5) is 16.3. The van der Waals surface area contributed by atoms with E-state index in [0.717, 1.165) is 32.8 Å². The molecule has 0 spiro atoms. The van der Waals surface area contributed by atoms with E-state index in [0.29, 0.717) is 30.4 Å². The zero-order valence-corrected chi connectivity index (χ0v) is 12.6. The molecule has 2 atom stereocenters. The minimum atomic E-state index is 0.309. The van der Waals surface area contributed by atoms with Crippen LogP contribution in [0.5, 0.6) is 0 Å². The van der Waals surface area contributed by atoms with Gasteiger partial charge >= 0.3 is 0 Å². The number of hydrogen-bond donors (Lipinski definition) is 0. The third kappa shape index (κ3) is 4.26. The first-order valence-electron chi connectivity index (χ1n) is 7.65. The molecule has 19 heavy (non-hydrogen) atoms. The van der Waals surface area contributed by atoms with E-state index in [2.05, 4.69) is 23.6 Å². The molecule has 110 valence electrons. The highest BCUT2D eigenvalue weighted by Crippen LogP contribution is 2.22. The molecule has 2 fully saturated rings. The lowest BCUT2D eigenvalue weighted by Gasteiger charge is -2.38. The van der Waals surface area contributed by atoms with Crippen molar-refractivity contribution in [1.82, 2.24) is 9.80 Å². The van der Waals surface area contributed by atoms with Crippen LogP contribution in [0.3, 0.4) is 0 Å². The second-order valence-corrected chi connectivity index (χ2v) is 6.28. The van der Waals surface area contributed by atoms with Gasteiger partial charge in [-0.15, -0.1) is 0 Å². The number of carbonyl (C=O) groups is 1. The number of Topliss-reactive ketones (excluding diaryl/α,β-unsaturated/α-hetero) is 1.